The van der Waals surface area contributed by atoms with Gasteiger partial charge in [-0.1, -0.05) is 45.1 Å². The van der Waals surface area contributed by atoms with Gasteiger partial charge in [0.1, 0.15) is 11.6 Å². The summed E-state index contributed by atoms with van der Waals surface area (Å²) in [6.07, 6.45) is 8.13. The zero-order valence-electron chi connectivity index (χ0n) is 12.2. The van der Waals surface area contributed by atoms with Crippen molar-refractivity contribution in [3.8, 4) is 0 Å². The summed E-state index contributed by atoms with van der Waals surface area (Å²) in [5, 5.41) is 0. The molecule has 0 heterocycles. The summed E-state index contributed by atoms with van der Waals surface area (Å²) in [5.74, 6) is -0.0304. The molecule has 19 heavy (non-hydrogen) atoms. The molecule has 0 unspecified atom stereocenters. The SMILES string of the molecule is CCCCCCCCC(=O)Cc1cc(F)ccc1C. The van der Waals surface area contributed by atoms with Crippen LogP contribution < -0.4 is 0 Å². The molecule has 0 N–H and O–H groups in total. The van der Waals surface area contributed by atoms with E-state index in [0.717, 1.165) is 24.0 Å². The van der Waals surface area contributed by atoms with Crippen molar-refractivity contribution in [3.05, 3.63) is 35.1 Å². The van der Waals surface area contributed by atoms with Crippen LogP contribution in [0.2, 0.25) is 0 Å². The van der Waals surface area contributed by atoms with Crippen LogP contribution in [0, 0.1) is 12.7 Å². The van der Waals surface area contributed by atoms with Crippen LogP contribution >= 0.6 is 0 Å². The molecule has 0 saturated heterocycles. The van der Waals surface area contributed by atoms with Crippen molar-refractivity contribution in [2.24, 2.45) is 0 Å². The third-order valence-corrected chi connectivity index (χ3v) is 3.51. The van der Waals surface area contributed by atoms with Crippen molar-refractivity contribution < 1.29 is 9.18 Å². The Morgan fingerprint density at radius 1 is 1.11 bits per heavy atom. The molecular formula is C17H25FO. The van der Waals surface area contributed by atoms with E-state index in [1.165, 1.54) is 37.8 Å². The van der Waals surface area contributed by atoms with Crippen LogP contribution in [0.25, 0.3) is 0 Å². The van der Waals surface area contributed by atoms with E-state index in [1.54, 1.807) is 6.07 Å². The highest BCUT2D eigenvalue weighted by molar-refractivity contribution is 5.81. The van der Waals surface area contributed by atoms with Crippen LogP contribution in [-0.2, 0) is 11.2 Å². The number of hydrogen-bond donors (Lipinski definition) is 0. The summed E-state index contributed by atoms with van der Waals surface area (Å²) < 4.78 is 13.1. The van der Waals surface area contributed by atoms with Crippen molar-refractivity contribution >= 4 is 5.78 Å². The number of benzene rings is 1. The standard InChI is InChI=1S/C17H25FO/c1-3-4-5-6-7-8-9-17(19)13-15-12-16(18)11-10-14(15)2/h10-12H,3-9,13H2,1-2H3. The lowest BCUT2D eigenvalue weighted by atomic mass is 10.00. The van der Waals surface area contributed by atoms with Crippen molar-refractivity contribution in [2.75, 3.05) is 0 Å². The lowest BCUT2D eigenvalue weighted by molar-refractivity contribution is -0.118. The maximum absolute atomic E-state index is 13.1. The van der Waals surface area contributed by atoms with E-state index in [-0.39, 0.29) is 11.6 Å². The van der Waals surface area contributed by atoms with Gasteiger partial charge in [0.2, 0.25) is 0 Å². The summed E-state index contributed by atoms with van der Waals surface area (Å²) in [4.78, 5) is 11.8. The molecule has 0 fully saturated rings. The van der Waals surface area contributed by atoms with Crippen LogP contribution in [0.4, 0.5) is 4.39 Å². The van der Waals surface area contributed by atoms with Crippen molar-refractivity contribution in [1.82, 2.24) is 0 Å². The van der Waals surface area contributed by atoms with E-state index < -0.39 is 0 Å². The van der Waals surface area contributed by atoms with Gasteiger partial charge in [-0.2, -0.15) is 0 Å². The fourth-order valence-corrected chi connectivity index (χ4v) is 2.23. The summed E-state index contributed by atoms with van der Waals surface area (Å²) in [7, 11) is 0. The Morgan fingerprint density at radius 3 is 2.53 bits per heavy atom. The van der Waals surface area contributed by atoms with Gasteiger partial charge in [0, 0.05) is 12.8 Å². The predicted octanol–water partition coefficient (Wildman–Crippen LogP) is 5.00. The fraction of sp³-hybridized carbons (Fsp3) is 0.588. The van der Waals surface area contributed by atoms with Gasteiger partial charge < -0.3 is 0 Å². The molecule has 0 aliphatic carbocycles. The average molecular weight is 264 g/mol. The number of carbonyl (C=O) groups is 1. The number of carbonyl (C=O) groups excluding carboxylic acids is 1. The van der Waals surface area contributed by atoms with Gasteiger partial charge in [-0.25, -0.2) is 4.39 Å². The molecule has 1 aromatic rings. The van der Waals surface area contributed by atoms with E-state index in [2.05, 4.69) is 6.92 Å². The lowest BCUT2D eigenvalue weighted by Crippen LogP contribution is -2.04. The minimum Gasteiger partial charge on any atom is -0.299 e. The first kappa shape index (κ1) is 15.9. The first-order chi connectivity index (χ1) is 9.13. The molecule has 106 valence electrons. The molecule has 0 bridgehead atoms. The zero-order chi connectivity index (χ0) is 14.1. The smallest absolute Gasteiger partial charge is 0.137 e. The number of aryl methyl sites for hydroxylation is 1. The molecule has 1 nitrogen and oxygen atoms in total. The summed E-state index contributed by atoms with van der Waals surface area (Å²) in [6, 6.07) is 4.66. The second kappa shape index (κ2) is 8.84. The van der Waals surface area contributed by atoms with Crippen LogP contribution in [-0.4, -0.2) is 5.78 Å². The first-order valence-corrected chi connectivity index (χ1v) is 7.40. The number of hydrogen-bond acceptors (Lipinski definition) is 1. The zero-order valence-corrected chi connectivity index (χ0v) is 12.2. The van der Waals surface area contributed by atoms with Crippen LogP contribution in [0.1, 0.15) is 63.0 Å². The van der Waals surface area contributed by atoms with E-state index in [1.807, 2.05) is 6.92 Å². The van der Waals surface area contributed by atoms with Gasteiger partial charge in [-0.15, -0.1) is 0 Å². The molecule has 2 heteroatoms. The summed E-state index contributed by atoms with van der Waals surface area (Å²) >= 11 is 0. The second-order valence-corrected chi connectivity index (χ2v) is 5.30. The molecule has 0 atom stereocenters. The largest absolute Gasteiger partial charge is 0.299 e. The molecule has 0 aliphatic rings. The molecular weight excluding hydrogens is 239 g/mol. The molecule has 1 aromatic carbocycles. The van der Waals surface area contributed by atoms with Gasteiger partial charge in [0.05, 0.1) is 0 Å². The summed E-state index contributed by atoms with van der Waals surface area (Å²) in [6.45, 7) is 4.12. The minimum absolute atomic E-state index is 0.226. The molecule has 0 spiro atoms. The molecule has 0 radical (unpaired) electrons. The number of halogens is 1. The van der Waals surface area contributed by atoms with Crippen molar-refractivity contribution in [2.45, 2.75) is 65.2 Å². The van der Waals surface area contributed by atoms with Crippen molar-refractivity contribution in [1.29, 1.82) is 0 Å². The van der Waals surface area contributed by atoms with Crippen molar-refractivity contribution in [3.63, 3.8) is 0 Å². The first-order valence-electron chi connectivity index (χ1n) is 7.40. The Bertz CT molecular complexity index is 398. The highest BCUT2D eigenvalue weighted by Gasteiger charge is 2.07. The highest BCUT2D eigenvalue weighted by atomic mass is 19.1. The number of ketones is 1. The Balaban J connectivity index is 2.25. The Labute approximate surface area is 116 Å². The monoisotopic (exact) mass is 264 g/mol. The maximum atomic E-state index is 13.1. The molecule has 1 rings (SSSR count). The third-order valence-electron chi connectivity index (χ3n) is 3.51. The lowest BCUT2D eigenvalue weighted by Gasteiger charge is -2.05. The highest BCUT2D eigenvalue weighted by Crippen LogP contribution is 2.13. The molecule has 0 aromatic heterocycles. The average Bonchev–Trinajstić information content (AvgIpc) is 2.38. The van der Waals surface area contributed by atoms with E-state index in [0.29, 0.717) is 12.8 Å². The van der Waals surface area contributed by atoms with Gasteiger partial charge in [0.15, 0.2) is 0 Å². The molecule has 0 amide bonds. The minimum atomic E-state index is -0.257. The topological polar surface area (TPSA) is 17.1 Å². The van der Waals surface area contributed by atoms with Gasteiger partial charge >= 0.3 is 0 Å². The Kier molecular flexibility index (Phi) is 7.39. The number of rotatable bonds is 9. The normalized spacial score (nSPS) is 10.7. The van der Waals surface area contributed by atoms with Gasteiger partial charge in [-0.3, -0.25) is 4.79 Å². The Hall–Kier alpha value is -1.18. The predicted molar refractivity (Wildman–Crippen MR) is 77.8 cm³/mol. The number of unbranched alkanes of at least 4 members (excludes halogenated alkanes) is 5. The molecule has 0 aliphatic heterocycles. The van der Waals surface area contributed by atoms with Crippen LogP contribution in [0.3, 0.4) is 0 Å². The third kappa shape index (κ3) is 6.51. The van der Waals surface area contributed by atoms with Crippen LogP contribution in [0.15, 0.2) is 18.2 Å². The fourth-order valence-electron chi connectivity index (χ4n) is 2.23. The molecule has 0 saturated carbocycles. The quantitative estimate of drug-likeness (QED) is 0.574. The Morgan fingerprint density at radius 2 is 1.79 bits per heavy atom. The van der Waals surface area contributed by atoms with Gasteiger partial charge in [-0.05, 0) is 36.6 Å². The van der Waals surface area contributed by atoms with E-state index >= 15 is 0 Å². The summed E-state index contributed by atoms with van der Waals surface area (Å²) in [5.41, 5.74) is 1.83. The number of Topliss-reactive ketones (excluding diaryl/α,β-unsaturated/α-hetero) is 1. The maximum Gasteiger partial charge on any atom is 0.137 e. The van der Waals surface area contributed by atoms with Crippen LogP contribution in [0.5, 0.6) is 0 Å². The van der Waals surface area contributed by atoms with E-state index in [9.17, 15) is 9.18 Å². The second-order valence-electron chi connectivity index (χ2n) is 5.30. The van der Waals surface area contributed by atoms with Gasteiger partial charge in [0.25, 0.3) is 0 Å². The van der Waals surface area contributed by atoms with E-state index in [4.69, 9.17) is 0 Å².